The Bertz CT molecular complexity index is 523. The molecule has 0 saturated heterocycles. The predicted octanol–water partition coefficient (Wildman–Crippen LogP) is 2.86. The molecule has 0 saturated carbocycles. The Labute approximate surface area is 97.1 Å². The molecule has 1 aromatic carbocycles. The summed E-state index contributed by atoms with van der Waals surface area (Å²) in [6, 6.07) is 6.63. The van der Waals surface area contributed by atoms with Crippen LogP contribution in [0, 0.1) is 13.8 Å². The third kappa shape index (κ3) is 1.54. The van der Waals surface area contributed by atoms with Crippen molar-refractivity contribution in [3.05, 3.63) is 35.0 Å². The summed E-state index contributed by atoms with van der Waals surface area (Å²) in [6.45, 7) is 7.21. The summed E-state index contributed by atoms with van der Waals surface area (Å²) in [5.41, 5.74) is 11.1. The first-order valence-corrected chi connectivity index (χ1v) is 5.81. The van der Waals surface area contributed by atoms with Crippen LogP contribution >= 0.6 is 0 Å². The molecule has 2 rings (SSSR count). The Morgan fingerprint density at radius 2 is 2.00 bits per heavy atom. The summed E-state index contributed by atoms with van der Waals surface area (Å²) in [5, 5.41) is 1.35. The van der Waals surface area contributed by atoms with Crippen molar-refractivity contribution in [1.29, 1.82) is 0 Å². The summed E-state index contributed by atoms with van der Waals surface area (Å²) >= 11 is 0. The highest BCUT2D eigenvalue weighted by Gasteiger charge is 2.15. The molecule has 1 heterocycles. The summed E-state index contributed by atoms with van der Waals surface area (Å²) in [6.07, 6.45) is 0. The van der Waals surface area contributed by atoms with E-state index in [1.54, 1.807) is 0 Å². The molecule has 0 aliphatic rings. The van der Waals surface area contributed by atoms with Crippen LogP contribution in [0.15, 0.2) is 18.2 Å². The Balaban J connectivity index is 2.76. The molecule has 2 heteroatoms. The number of fused-ring (bicyclic) bond motifs is 1. The molecular formula is C14H20N2. The topological polar surface area (TPSA) is 30.9 Å². The van der Waals surface area contributed by atoms with E-state index in [2.05, 4.69) is 50.6 Å². The molecule has 2 N–H and O–H groups in total. The van der Waals surface area contributed by atoms with Gasteiger partial charge in [-0.3, -0.25) is 0 Å². The largest absolute Gasteiger partial charge is 0.347 e. The molecular weight excluding hydrogens is 196 g/mol. The number of nitrogens with two attached hydrogens (primary N) is 1. The zero-order chi connectivity index (χ0) is 11.9. The third-order valence-electron chi connectivity index (χ3n) is 3.48. The van der Waals surface area contributed by atoms with E-state index in [-0.39, 0.29) is 0 Å². The first-order valence-electron chi connectivity index (χ1n) is 5.81. The van der Waals surface area contributed by atoms with Crippen LogP contribution in [-0.2, 0) is 7.05 Å². The molecule has 1 unspecified atom stereocenters. The van der Waals surface area contributed by atoms with E-state index in [9.17, 15) is 0 Å². The van der Waals surface area contributed by atoms with Crippen LogP contribution in [0.1, 0.15) is 29.7 Å². The maximum Gasteiger partial charge on any atom is 0.0485 e. The number of rotatable bonds is 2. The zero-order valence-corrected chi connectivity index (χ0v) is 10.5. The molecule has 0 amide bonds. The van der Waals surface area contributed by atoms with Crippen molar-refractivity contribution in [2.24, 2.45) is 12.8 Å². The lowest BCUT2D eigenvalue weighted by Crippen LogP contribution is -2.13. The molecule has 2 aromatic rings. The normalized spacial score (nSPS) is 13.3. The minimum absolute atomic E-state index is 0.415. The van der Waals surface area contributed by atoms with Gasteiger partial charge in [-0.1, -0.05) is 19.1 Å². The fourth-order valence-corrected chi connectivity index (χ4v) is 2.57. The van der Waals surface area contributed by atoms with E-state index in [0.717, 1.165) is 0 Å². The smallest absolute Gasteiger partial charge is 0.0485 e. The van der Waals surface area contributed by atoms with Crippen LogP contribution < -0.4 is 5.73 Å². The third-order valence-corrected chi connectivity index (χ3v) is 3.48. The van der Waals surface area contributed by atoms with Gasteiger partial charge >= 0.3 is 0 Å². The van der Waals surface area contributed by atoms with Gasteiger partial charge < -0.3 is 10.3 Å². The molecule has 86 valence electrons. The second-order valence-electron chi connectivity index (χ2n) is 4.73. The van der Waals surface area contributed by atoms with Crippen molar-refractivity contribution >= 4 is 10.9 Å². The molecule has 0 bridgehead atoms. The Hall–Kier alpha value is -1.28. The maximum atomic E-state index is 5.78. The van der Waals surface area contributed by atoms with Gasteiger partial charge in [0.1, 0.15) is 0 Å². The highest BCUT2D eigenvalue weighted by molar-refractivity contribution is 5.86. The van der Waals surface area contributed by atoms with Crippen molar-refractivity contribution in [3.63, 3.8) is 0 Å². The quantitative estimate of drug-likeness (QED) is 0.822. The van der Waals surface area contributed by atoms with Crippen LogP contribution in [0.5, 0.6) is 0 Å². The van der Waals surface area contributed by atoms with Gasteiger partial charge in [0, 0.05) is 36.1 Å². The highest BCUT2D eigenvalue weighted by atomic mass is 15.0. The number of aryl methyl sites for hydroxylation is 3. The Morgan fingerprint density at radius 1 is 1.31 bits per heavy atom. The van der Waals surface area contributed by atoms with Crippen LogP contribution in [0.3, 0.4) is 0 Å². The molecule has 0 aliphatic carbocycles. The van der Waals surface area contributed by atoms with E-state index in [0.29, 0.717) is 12.5 Å². The van der Waals surface area contributed by atoms with Crippen molar-refractivity contribution in [1.82, 2.24) is 4.57 Å². The van der Waals surface area contributed by atoms with Gasteiger partial charge in [-0.05, 0) is 31.0 Å². The lowest BCUT2D eigenvalue weighted by Gasteiger charge is -2.12. The van der Waals surface area contributed by atoms with Gasteiger partial charge in [0.25, 0.3) is 0 Å². The second-order valence-corrected chi connectivity index (χ2v) is 4.73. The van der Waals surface area contributed by atoms with E-state index in [1.807, 2.05) is 0 Å². The molecule has 2 nitrogen and oxygen atoms in total. The van der Waals surface area contributed by atoms with Crippen LogP contribution in [-0.4, -0.2) is 11.1 Å². The van der Waals surface area contributed by atoms with Crippen LogP contribution in [0.25, 0.3) is 10.9 Å². The SMILES string of the molecule is Cc1ccc2c(C)c(C(C)CN)n(C)c2c1. The van der Waals surface area contributed by atoms with Crippen LogP contribution in [0.2, 0.25) is 0 Å². The number of nitrogens with zero attached hydrogens (tertiary/aromatic N) is 1. The number of aromatic nitrogens is 1. The van der Waals surface area contributed by atoms with E-state index < -0.39 is 0 Å². The molecule has 0 aliphatic heterocycles. The van der Waals surface area contributed by atoms with Gasteiger partial charge in [0.2, 0.25) is 0 Å². The second kappa shape index (κ2) is 3.95. The molecule has 1 atom stereocenters. The van der Waals surface area contributed by atoms with Crippen molar-refractivity contribution < 1.29 is 0 Å². The lowest BCUT2D eigenvalue weighted by molar-refractivity contribution is 0.697. The Kier molecular flexibility index (Phi) is 2.76. The lowest BCUT2D eigenvalue weighted by atomic mass is 10.0. The number of benzene rings is 1. The predicted molar refractivity (Wildman–Crippen MR) is 69.9 cm³/mol. The fraction of sp³-hybridized carbons (Fsp3) is 0.429. The molecule has 16 heavy (non-hydrogen) atoms. The Morgan fingerprint density at radius 3 is 2.62 bits per heavy atom. The molecule has 1 aromatic heterocycles. The van der Waals surface area contributed by atoms with Gasteiger partial charge in [0.15, 0.2) is 0 Å². The monoisotopic (exact) mass is 216 g/mol. The van der Waals surface area contributed by atoms with Gasteiger partial charge in [-0.25, -0.2) is 0 Å². The van der Waals surface area contributed by atoms with Crippen molar-refractivity contribution in [3.8, 4) is 0 Å². The number of hydrogen-bond acceptors (Lipinski definition) is 1. The van der Waals surface area contributed by atoms with E-state index in [1.165, 1.54) is 27.7 Å². The fourth-order valence-electron chi connectivity index (χ4n) is 2.57. The summed E-state index contributed by atoms with van der Waals surface area (Å²) in [7, 11) is 2.14. The van der Waals surface area contributed by atoms with Crippen molar-refractivity contribution in [2.45, 2.75) is 26.7 Å². The summed E-state index contributed by atoms with van der Waals surface area (Å²) in [5.74, 6) is 0.415. The number of hydrogen-bond donors (Lipinski definition) is 1. The summed E-state index contributed by atoms with van der Waals surface area (Å²) in [4.78, 5) is 0. The van der Waals surface area contributed by atoms with Crippen molar-refractivity contribution in [2.75, 3.05) is 6.54 Å². The van der Waals surface area contributed by atoms with Crippen LogP contribution in [0.4, 0.5) is 0 Å². The molecule has 0 radical (unpaired) electrons. The highest BCUT2D eigenvalue weighted by Crippen LogP contribution is 2.29. The van der Waals surface area contributed by atoms with Gasteiger partial charge in [-0.15, -0.1) is 0 Å². The first-order chi connectivity index (χ1) is 7.56. The average molecular weight is 216 g/mol. The molecule has 0 fully saturated rings. The summed E-state index contributed by atoms with van der Waals surface area (Å²) < 4.78 is 2.29. The van der Waals surface area contributed by atoms with Gasteiger partial charge in [-0.2, -0.15) is 0 Å². The van der Waals surface area contributed by atoms with E-state index in [4.69, 9.17) is 5.73 Å². The molecule has 0 spiro atoms. The van der Waals surface area contributed by atoms with Gasteiger partial charge in [0.05, 0.1) is 0 Å². The van der Waals surface area contributed by atoms with E-state index >= 15 is 0 Å². The maximum absolute atomic E-state index is 5.78. The minimum atomic E-state index is 0.415. The zero-order valence-electron chi connectivity index (χ0n) is 10.5. The average Bonchev–Trinajstić information content (AvgIpc) is 2.51. The minimum Gasteiger partial charge on any atom is -0.347 e. The standard InChI is InChI=1S/C14H20N2/c1-9-5-6-12-11(3)14(10(2)8-15)16(4)13(12)7-9/h5-7,10H,8,15H2,1-4H3. The first kappa shape index (κ1) is 11.2.